The van der Waals surface area contributed by atoms with Gasteiger partial charge in [-0.15, -0.1) is 11.3 Å². The minimum absolute atomic E-state index is 0.296. The zero-order chi connectivity index (χ0) is 21.8. The Kier molecular flexibility index (Phi) is 6.95. The van der Waals surface area contributed by atoms with Gasteiger partial charge in [-0.1, -0.05) is 66.7 Å². The molecule has 2 unspecified atom stereocenters. The summed E-state index contributed by atoms with van der Waals surface area (Å²) in [6.07, 6.45) is -3.80. The van der Waals surface area contributed by atoms with E-state index < -0.39 is 37.0 Å². The molecule has 2 aliphatic heterocycles. The number of hydrogen-bond donors (Lipinski definition) is 1. The summed E-state index contributed by atoms with van der Waals surface area (Å²) in [4.78, 5) is 1.07. The lowest BCUT2D eigenvalue weighted by Gasteiger charge is -2.47. The number of aliphatic hydroxyl groups is 1. The third-order valence-electron chi connectivity index (χ3n) is 5.66. The van der Waals surface area contributed by atoms with E-state index >= 15 is 0 Å². The number of hydrogen-bond acceptors (Lipinski definition) is 7. The van der Waals surface area contributed by atoms with Crippen LogP contribution in [-0.2, 0) is 36.9 Å². The van der Waals surface area contributed by atoms with E-state index in [4.69, 9.17) is 23.7 Å². The molecule has 168 valence electrons. The Labute approximate surface area is 191 Å². The summed E-state index contributed by atoms with van der Waals surface area (Å²) in [5, 5.41) is 12.8. The fourth-order valence-corrected chi connectivity index (χ4v) is 4.67. The predicted molar refractivity (Wildman–Crippen MR) is 119 cm³/mol. The van der Waals surface area contributed by atoms with Gasteiger partial charge in [-0.25, -0.2) is 0 Å². The Hall–Kier alpha value is -2.10. The molecular weight excluding hydrogens is 428 g/mol. The Morgan fingerprint density at radius 2 is 1.59 bits per heavy atom. The van der Waals surface area contributed by atoms with Crippen molar-refractivity contribution in [2.24, 2.45) is 0 Å². The first-order valence-electron chi connectivity index (χ1n) is 10.7. The molecule has 1 N–H and O–H groups in total. The maximum absolute atomic E-state index is 10.8. The van der Waals surface area contributed by atoms with Crippen molar-refractivity contribution in [2.45, 2.75) is 50.2 Å². The standard InChI is InChI=1S/C25H26O6S/c26-24-23(28-15-19-12-7-13-32-19)22(27-14-17-8-3-1-4-9-17)21-20(30-24)16-29-25(31-21)18-10-5-2-6-11-18/h1-13,20-26H,14-16H2/t20-,21-,22+,23-,24?,25?/m1/s1. The van der Waals surface area contributed by atoms with Crippen LogP contribution in [0.3, 0.4) is 0 Å². The van der Waals surface area contributed by atoms with Crippen LogP contribution in [0.1, 0.15) is 22.3 Å². The Bertz CT molecular complexity index is 951. The van der Waals surface area contributed by atoms with Crippen LogP contribution in [0.5, 0.6) is 0 Å². The van der Waals surface area contributed by atoms with Crippen molar-refractivity contribution in [3.63, 3.8) is 0 Å². The van der Waals surface area contributed by atoms with E-state index in [1.165, 1.54) is 0 Å². The summed E-state index contributed by atoms with van der Waals surface area (Å²) in [6.45, 7) is 1.04. The van der Waals surface area contributed by atoms with Crippen molar-refractivity contribution in [2.75, 3.05) is 6.61 Å². The number of ether oxygens (including phenoxy) is 5. The van der Waals surface area contributed by atoms with Gasteiger partial charge < -0.3 is 28.8 Å². The second-order valence-corrected chi connectivity index (χ2v) is 8.89. The van der Waals surface area contributed by atoms with Gasteiger partial charge in [0.15, 0.2) is 12.6 Å². The molecule has 2 aromatic carbocycles. The first-order valence-corrected chi connectivity index (χ1v) is 11.6. The fraction of sp³-hybridized carbons (Fsp3) is 0.360. The van der Waals surface area contributed by atoms with Crippen molar-refractivity contribution in [1.82, 2.24) is 0 Å². The summed E-state index contributed by atoms with van der Waals surface area (Å²) < 4.78 is 30.5. The van der Waals surface area contributed by atoms with Gasteiger partial charge in [-0.3, -0.25) is 0 Å². The highest BCUT2D eigenvalue weighted by Crippen LogP contribution is 2.36. The molecule has 32 heavy (non-hydrogen) atoms. The van der Waals surface area contributed by atoms with Crippen molar-refractivity contribution < 1.29 is 28.8 Å². The van der Waals surface area contributed by atoms with E-state index in [9.17, 15) is 5.11 Å². The topological polar surface area (TPSA) is 66.4 Å². The monoisotopic (exact) mass is 454 g/mol. The van der Waals surface area contributed by atoms with E-state index in [0.717, 1.165) is 16.0 Å². The quantitative estimate of drug-likeness (QED) is 0.581. The van der Waals surface area contributed by atoms with Gasteiger partial charge >= 0.3 is 0 Å². The van der Waals surface area contributed by atoms with Crippen LogP contribution in [0.4, 0.5) is 0 Å². The van der Waals surface area contributed by atoms with Gasteiger partial charge in [-0.05, 0) is 17.0 Å². The van der Waals surface area contributed by atoms with Crippen LogP contribution >= 0.6 is 11.3 Å². The maximum Gasteiger partial charge on any atom is 0.184 e. The summed E-state index contributed by atoms with van der Waals surface area (Å²) in [5.74, 6) is 0. The van der Waals surface area contributed by atoms with Gasteiger partial charge in [0.05, 0.1) is 19.8 Å². The molecule has 0 radical (unpaired) electrons. The molecule has 3 aromatic rings. The van der Waals surface area contributed by atoms with Gasteiger partial charge in [-0.2, -0.15) is 0 Å². The lowest BCUT2D eigenvalue weighted by Crippen LogP contribution is -2.63. The van der Waals surface area contributed by atoms with Crippen LogP contribution in [0.15, 0.2) is 78.2 Å². The van der Waals surface area contributed by atoms with Crippen molar-refractivity contribution in [1.29, 1.82) is 0 Å². The summed E-state index contributed by atoms with van der Waals surface area (Å²) >= 11 is 1.61. The largest absolute Gasteiger partial charge is 0.368 e. The summed E-state index contributed by atoms with van der Waals surface area (Å²) in [5.41, 5.74) is 1.96. The first-order chi connectivity index (χ1) is 15.8. The Balaban J connectivity index is 1.36. The zero-order valence-corrected chi connectivity index (χ0v) is 18.3. The number of aliphatic hydroxyl groups excluding tert-OH is 1. The second-order valence-electron chi connectivity index (χ2n) is 7.86. The number of benzene rings is 2. The third-order valence-corrected chi connectivity index (χ3v) is 6.51. The molecule has 3 heterocycles. The molecule has 0 saturated carbocycles. The maximum atomic E-state index is 10.8. The molecule has 0 spiro atoms. The highest BCUT2D eigenvalue weighted by Gasteiger charge is 2.51. The molecule has 0 amide bonds. The van der Waals surface area contributed by atoms with Crippen LogP contribution in [0, 0.1) is 0 Å². The molecule has 2 fully saturated rings. The van der Waals surface area contributed by atoms with E-state index in [1.807, 2.05) is 78.2 Å². The fourth-order valence-electron chi connectivity index (χ4n) is 4.05. The van der Waals surface area contributed by atoms with Gasteiger partial charge in [0.1, 0.15) is 24.4 Å². The summed E-state index contributed by atoms with van der Waals surface area (Å²) in [6, 6.07) is 23.7. The highest BCUT2D eigenvalue weighted by molar-refractivity contribution is 7.09. The van der Waals surface area contributed by atoms with Gasteiger partial charge in [0, 0.05) is 10.4 Å². The Morgan fingerprint density at radius 3 is 2.34 bits per heavy atom. The molecule has 2 saturated heterocycles. The molecular formula is C25H26O6S. The molecule has 7 heteroatoms. The third kappa shape index (κ3) is 4.94. The van der Waals surface area contributed by atoms with Gasteiger partial charge in [0.25, 0.3) is 0 Å². The lowest BCUT2D eigenvalue weighted by atomic mass is 9.97. The summed E-state index contributed by atoms with van der Waals surface area (Å²) in [7, 11) is 0. The second kappa shape index (κ2) is 10.2. The average molecular weight is 455 g/mol. The molecule has 0 aliphatic carbocycles. The Morgan fingerprint density at radius 1 is 0.844 bits per heavy atom. The van der Waals surface area contributed by atoms with Crippen molar-refractivity contribution in [3.8, 4) is 0 Å². The van der Waals surface area contributed by atoms with Crippen LogP contribution in [-0.4, -0.2) is 42.4 Å². The lowest BCUT2D eigenvalue weighted by molar-refractivity contribution is -0.366. The van der Waals surface area contributed by atoms with E-state index in [-0.39, 0.29) is 0 Å². The minimum Gasteiger partial charge on any atom is -0.368 e. The average Bonchev–Trinajstić information content (AvgIpc) is 3.36. The normalized spacial score (nSPS) is 30.0. The van der Waals surface area contributed by atoms with Gasteiger partial charge in [0.2, 0.25) is 0 Å². The SMILES string of the molecule is OC1O[C@@H]2COC(c3ccccc3)O[C@H]2[C@H](OCc2ccccc2)[C@H]1OCc1cccs1. The van der Waals surface area contributed by atoms with E-state index in [0.29, 0.717) is 19.8 Å². The van der Waals surface area contributed by atoms with E-state index in [1.54, 1.807) is 11.3 Å². The van der Waals surface area contributed by atoms with Crippen LogP contribution < -0.4 is 0 Å². The first kappa shape index (κ1) is 21.7. The smallest absolute Gasteiger partial charge is 0.184 e. The van der Waals surface area contributed by atoms with E-state index in [2.05, 4.69) is 0 Å². The minimum atomic E-state index is -1.14. The molecule has 6 atom stereocenters. The predicted octanol–water partition coefficient (Wildman–Crippen LogP) is 4.05. The number of rotatable bonds is 7. The molecule has 5 rings (SSSR count). The van der Waals surface area contributed by atoms with Crippen LogP contribution in [0.2, 0.25) is 0 Å². The number of thiophene rings is 1. The molecule has 2 aliphatic rings. The molecule has 1 aromatic heterocycles. The van der Waals surface area contributed by atoms with Crippen molar-refractivity contribution in [3.05, 3.63) is 94.2 Å². The highest BCUT2D eigenvalue weighted by atomic mass is 32.1. The molecule has 0 bridgehead atoms. The number of fused-ring (bicyclic) bond motifs is 1. The zero-order valence-electron chi connectivity index (χ0n) is 17.5. The van der Waals surface area contributed by atoms with Crippen LogP contribution in [0.25, 0.3) is 0 Å². The van der Waals surface area contributed by atoms with Crippen molar-refractivity contribution >= 4 is 11.3 Å². The molecule has 6 nitrogen and oxygen atoms in total.